The molecule has 1 aromatic rings. The van der Waals surface area contributed by atoms with Crippen LogP contribution in [0.1, 0.15) is 30.6 Å². The number of nitrogens with one attached hydrogen (secondary N) is 1. The molecule has 1 atom stereocenters. The predicted molar refractivity (Wildman–Crippen MR) is 99.9 cm³/mol. The van der Waals surface area contributed by atoms with Crippen molar-refractivity contribution >= 4 is 17.8 Å². The number of methoxy groups -OCH3 is 3. The third kappa shape index (κ3) is 7.16. The topological polar surface area (TPSA) is 94.2 Å². The lowest BCUT2D eigenvalue weighted by Gasteiger charge is -2.25. The molecule has 0 heterocycles. The molecule has 1 aromatic carbocycles. The highest BCUT2D eigenvalue weighted by molar-refractivity contribution is 5.95. The first kappa shape index (κ1) is 22.3. The second kappa shape index (κ2) is 11.1. The zero-order valence-electron chi connectivity index (χ0n) is 16.5. The van der Waals surface area contributed by atoms with Gasteiger partial charge in [-0.2, -0.15) is 0 Å². The quantitative estimate of drug-likeness (QED) is 0.488. The highest BCUT2D eigenvalue weighted by atomic mass is 16.5. The number of hydrogen-bond acceptors (Lipinski definition) is 6. The smallest absolute Gasteiger partial charge is 0.310 e. The highest BCUT2D eigenvalue weighted by Crippen LogP contribution is 2.24. The van der Waals surface area contributed by atoms with Crippen molar-refractivity contribution in [3.63, 3.8) is 0 Å². The molecule has 1 N–H and O–H groups in total. The summed E-state index contributed by atoms with van der Waals surface area (Å²) in [6.07, 6.45) is 0.556. The normalized spacial score (nSPS) is 11.3. The zero-order chi connectivity index (χ0) is 20.4. The minimum Gasteiger partial charge on any atom is -0.497 e. The maximum absolute atomic E-state index is 13.0. The highest BCUT2D eigenvalue weighted by Gasteiger charge is 2.23. The lowest BCUT2D eigenvalue weighted by Crippen LogP contribution is -2.39. The van der Waals surface area contributed by atoms with Crippen molar-refractivity contribution in [2.24, 2.45) is 5.92 Å². The number of benzene rings is 1. The molecule has 8 heteroatoms. The zero-order valence-corrected chi connectivity index (χ0v) is 16.5. The van der Waals surface area contributed by atoms with E-state index in [1.165, 1.54) is 28.3 Å². The minimum atomic E-state index is -0.479. The predicted octanol–water partition coefficient (Wildman–Crippen LogP) is 1.48. The molecule has 0 aliphatic heterocycles. The SMILES string of the molecule is COC(=O)C(C)CN(CCCNC(C)=O)C(=O)c1cc(OC)cc(OC)c1. The molecule has 0 aliphatic rings. The summed E-state index contributed by atoms with van der Waals surface area (Å²) in [7, 11) is 4.33. The number of esters is 1. The van der Waals surface area contributed by atoms with Gasteiger partial charge in [0.1, 0.15) is 11.5 Å². The van der Waals surface area contributed by atoms with Gasteiger partial charge in [-0.15, -0.1) is 0 Å². The summed E-state index contributed by atoms with van der Waals surface area (Å²) in [4.78, 5) is 37.4. The van der Waals surface area contributed by atoms with Gasteiger partial charge in [0.25, 0.3) is 5.91 Å². The Kier molecular flexibility index (Phi) is 9.12. The number of rotatable bonds is 10. The molecule has 0 bridgehead atoms. The van der Waals surface area contributed by atoms with E-state index in [4.69, 9.17) is 14.2 Å². The summed E-state index contributed by atoms with van der Waals surface area (Å²) >= 11 is 0. The van der Waals surface area contributed by atoms with Crippen LogP contribution in [0.2, 0.25) is 0 Å². The summed E-state index contributed by atoms with van der Waals surface area (Å²) in [6.45, 7) is 4.15. The van der Waals surface area contributed by atoms with E-state index >= 15 is 0 Å². The molecule has 0 radical (unpaired) electrons. The Hall–Kier alpha value is -2.77. The van der Waals surface area contributed by atoms with E-state index < -0.39 is 11.9 Å². The molecule has 1 rings (SSSR count). The standard InChI is InChI=1S/C19H28N2O6/c1-13(19(24)27-5)12-21(8-6-7-20-14(2)22)18(23)15-9-16(25-3)11-17(10-15)26-4/h9-11,13H,6-8,12H2,1-5H3,(H,20,22). The Labute approximate surface area is 159 Å². The van der Waals surface area contributed by atoms with Crippen molar-refractivity contribution < 1.29 is 28.6 Å². The first-order valence-corrected chi connectivity index (χ1v) is 8.67. The Morgan fingerprint density at radius 3 is 2.15 bits per heavy atom. The summed E-state index contributed by atoms with van der Waals surface area (Å²) in [5.41, 5.74) is 0.391. The minimum absolute atomic E-state index is 0.131. The van der Waals surface area contributed by atoms with Crippen LogP contribution in [0.3, 0.4) is 0 Å². The Bertz CT molecular complexity index is 639. The molecule has 27 heavy (non-hydrogen) atoms. The Morgan fingerprint density at radius 2 is 1.67 bits per heavy atom. The number of ether oxygens (including phenoxy) is 3. The van der Waals surface area contributed by atoms with Gasteiger partial charge in [0.05, 0.1) is 27.2 Å². The van der Waals surface area contributed by atoms with E-state index in [0.29, 0.717) is 36.6 Å². The van der Waals surface area contributed by atoms with E-state index in [0.717, 1.165) is 0 Å². The summed E-state index contributed by atoms with van der Waals surface area (Å²) < 4.78 is 15.2. The lowest BCUT2D eigenvalue weighted by atomic mass is 10.1. The number of carbonyl (C=O) groups is 3. The van der Waals surface area contributed by atoms with E-state index in [2.05, 4.69) is 5.32 Å². The van der Waals surface area contributed by atoms with Gasteiger partial charge in [0, 0.05) is 38.2 Å². The van der Waals surface area contributed by atoms with Gasteiger partial charge in [0.2, 0.25) is 5.91 Å². The average Bonchev–Trinajstić information content (AvgIpc) is 2.67. The van der Waals surface area contributed by atoms with E-state index in [9.17, 15) is 14.4 Å². The van der Waals surface area contributed by atoms with Crippen molar-refractivity contribution in [1.29, 1.82) is 0 Å². The molecule has 1 unspecified atom stereocenters. The number of carbonyl (C=O) groups excluding carboxylic acids is 3. The van der Waals surface area contributed by atoms with Crippen molar-refractivity contribution in [2.75, 3.05) is 41.0 Å². The summed E-state index contributed by atoms with van der Waals surface area (Å²) in [5, 5.41) is 2.69. The fourth-order valence-electron chi connectivity index (χ4n) is 2.53. The van der Waals surface area contributed by atoms with Crippen molar-refractivity contribution in [3.8, 4) is 11.5 Å². The maximum atomic E-state index is 13.0. The van der Waals surface area contributed by atoms with Crippen molar-refractivity contribution in [2.45, 2.75) is 20.3 Å². The van der Waals surface area contributed by atoms with Crippen LogP contribution in [0.15, 0.2) is 18.2 Å². The summed E-state index contributed by atoms with van der Waals surface area (Å²) in [5.74, 6) is -0.266. The van der Waals surface area contributed by atoms with Gasteiger partial charge in [-0.25, -0.2) is 0 Å². The van der Waals surface area contributed by atoms with E-state index in [1.54, 1.807) is 30.0 Å². The Balaban J connectivity index is 2.99. The van der Waals surface area contributed by atoms with E-state index in [-0.39, 0.29) is 18.4 Å². The lowest BCUT2D eigenvalue weighted by molar-refractivity contribution is -0.145. The fourth-order valence-corrected chi connectivity index (χ4v) is 2.53. The molecule has 0 saturated carbocycles. The third-order valence-electron chi connectivity index (χ3n) is 3.96. The van der Waals surface area contributed by atoms with Gasteiger partial charge >= 0.3 is 5.97 Å². The number of nitrogens with zero attached hydrogens (tertiary/aromatic N) is 1. The molecule has 0 aliphatic carbocycles. The van der Waals surface area contributed by atoms with Crippen LogP contribution >= 0.6 is 0 Å². The van der Waals surface area contributed by atoms with Crippen LogP contribution in [0, 0.1) is 5.92 Å². The molecular weight excluding hydrogens is 352 g/mol. The summed E-state index contributed by atoms with van der Waals surface area (Å²) in [6, 6.07) is 4.91. The third-order valence-corrected chi connectivity index (χ3v) is 3.96. The van der Waals surface area contributed by atoms with Crippen LogP contribution in [0.25, 0.3) is 0 Å². The molecule has 0 fully saturated rings. The Morgan fingerprint density at radius 1 is 1.07 bits per heavy atom. The average molecular weight is 380 g/mol. The van der Waals surface area contributed by atoms with Crippen LogP contribution < -0.4 is 14.8 Å². The number of hydrogen-bond donors (Lipinski definition) is 1. The van der Waals surface area contributed by atoms with Crippen LogP contribution in [0.4, 0.5) is 0 Å². The van der Waals surface area contributed by atoms with Crippen molar-refractivity contribution in [3.05, 3.63) is 23.8 Å². The molecular formula is C19H28N2O6. The van der Waals surface area contributed by atoms with Crippen molar-refractivity contribution in [1.82, 2.24) is 10.2 Å². The molecule has 8 nitrogen and oxygen atoms in total. The van der Waals surface area contributed by atoms with Gasteiger partial charge in [-0.3, -0.25) is 14.4 Å². The largest absolute Gasteiger partial charge is 0.497 e. The number of amides is 2. The second-order valence-electron chi connectivity index (χ2n) is 6.11. The van der Waals surface area contributed by atoms with Crippen LogP contribution in [-0.2, 0) is 14.3 Å². The first-order valence-electron chi connectivity index (χ1n) is 8.67. The molecule has 2 amide bonds. The molecule has 0 aromatic heterocycles. The second-order valence-corrected chi connectivity index (χ2v) is 6.11. The monoisotopic (exact) mass is 380 g/mol. The van der Waals surface area contributed by atoms with Gasteiger partial charge in [0.15, 0.2) is 0 Å². The molecule has 150 valence electrons. The maximum Gasteiger partial charge on any atom is 0.310 e. The van der Waals surface area contributed by atoms with Crippen LogP contribution in [-0.4, -0.2) is 63.6 Å². The fraction of sp³-hybridized carbons (Fsp3) is 0.526. The van der Waals surface area contributed by atoms with Gasteiger partial charge < -0.3 is 24.4 Å². The van der Waals surface area contributed by atoms with Crippen LogP contribution in [0.5, 0.6) is 11.5 Å². The molecule has 0 saturated heterocycles. The first-order chi connectivity index (χ1) is 12.8. The van der Waals surface area contributed by atoms with E-state index in [1.807, 2.05) is 0 Å². The van der Waals surface area contributed by atoms with Gasteiger partial charge in [-0.1, -0.05) is 6.92 Å². The van der Waals surface area contributed by atoms with Gasteiger partial charge in [-0.05, 0) is 18.6 Å². The molecule has 0 spiro atoms.